The number of esters is 1. The Hall–Kier alpha value is -1.55. The minimum Gasteiger partial charge on any atom is -0.462 e. The molecule has 1 aromatic carbocycles. The molecule has 0 spiro atoms. The average Bonchev–Trinajstić information content (AvgIpc) is 2.33. The molecular weight excluding hydrogens is 242 g/mol. The monoisotopic (exact) mass is 265 g/mol. The Morgan fingerprint density at radius 1 is 1.32 bits per heavy atom. The maximum atomic E-state index is 12.0. The summed E-state index contributed by atoms with van der Waals surface area (Å²) in [5, 5.41) is 0. The van der Waals surface area contributed by atoms with Gasteiger partial charge in [-0.3, -0.25) is 0 Å². The third kappa shape index (κ3) is 4.24. The van der Waals surface area contributed by atoms with E-state index in [1.165, 1.54) is 0 Å². The molecule has 0 unspecified atom stereocenters. The number of hydrogen-bond donors (Lipinski definition) is 1. The number of anilines is 1. The molecule has 4 nitrogen and oxygen atoms in total. The van der Waals surface area contributed by atoms with Gasteiger partial charge in [-0.15, -0.1) is 0 Å². The van der Waals surface area contributed by atoms with Gasteiger partial charge in [0.2, 0.25) is 0 Å². The average molecular weight is 265 g/mol. The molecule has 0 atom stereocenters. The van der Waals surface area contributed by atoms with Gasteiger partial charge in [0.25, 0.3) is 0 Å². The van der Waals surface area contributed by atoms with Crippen molar-refractivity contribution < 1.29 is 14.3 Å². The second kappa shape index (κ2) is 6.06. The Bertz CT molecular complexity index is 467. The molecule has 0 heterocycles. The Labute approximate surface area is 114 Å². The predicted molar refractivity (Wildman–Crippen MR) is 76.3 cm³/mol. The summed E-state index contributed by atoms with van der Waals surface area (Å²) in [6, 6.07) is 3.70. The van der Waals surface area contributed by atoms with E-state index in [1.54, 1.807) is 13.2 Å². The number of aryl methyl sites for hydroxylation is 2. The largest absolute Gasteiger partial charge is 0.462 e. The zero-order valence-corrected chi connectivity index (χ0v) is 12.4. The molecule has 2 N–H and O–H groups in total. The van der Waals surface area contributed by atoms with E-state index in [-0.39, 0.29) is 11.6 Å². The molecule has 19 heavy (non-hydrogen) atoms. The number of carbonyl (C=O) groups is 1. The molecule has 1 aromatic rings. The first-order chi connectivity index (χ1) is 8.76. The molecular formula is C15H23NO3. The summed E-state index contributed by atoms with van der Waals surface area (Å²) in [5.74, 6) is -0.379. The standard InChI is InChI=1S/C15H23NO3/c1-10-8-11(2)13(16)12(9-10)14(17)19-7-6-15(3,4)18-5/h8-9H,6-7,16H2,1-5H3. The highest BCUT2D eigenvalue weighted by molar-refractivity contribution is 5.96. The van der Waals surface area contributed by atoms with Crippen molar-refractivity contribution in [3.05, 3.63) is 28.8 Å². The molecule has 0 amide bonds. The lowest BCUT2D eigenvalue weighted by Crippen LogP contribution is -2.25. The van der Waals surface area contributed by atoms with E-state index in [0.717, 1.165) is 11.1 Å². The van der Waals surface area contributed by atoms with Gasteiger partial charge < -0.3 is 15.2 Å². The van der Waals surface area contributed by atoms with Crippen LogP contribution in [0.15, 0.2) is 12.1 Å². The lowest BCUT2D eigenvalue weighted by molar-refractivity contribution is -0.00560. The topological polar surface area (TPSA) is 61.5 Å². The van der Waals surface area contributed by atoms with E-state index in [2.05, 4.69) is 0 Å². The minimum atomic E-state index is -0.379. The quantitative estimate of drug-likeness (QED) is 0.657. The van der Waals surface area contributed by atoms with Crippen LogP contribution in [0, 0.1) is 13.8 Å². The lowest BCUT2D eigenvalue weighted by atomic mass is 10.0. The third-order valence-electron chi connectivity index (χ3n) is 3.24. The fourth-order valence-corrected chi connectivity index (χ4v) is 1.72. The molecule has 0 aliphatic rings. The highest BCUT2D eigenvalue weighted by Crippen LogP contribution is 2.21. The number of nitrogens with two attached hydrogens (primary N) is 1. The van der Waals surface area contributed by atoms with Crippen LogP contribution in [0.5, 0.6) is 0 Å². The summed E-state index contributed by atoms with van der Waals surface area (Å²) in [6.45, 7) is 8.02. The second-order valence-corrected chi connectivity index (χ2v) is 5.39. The van der Waals surface area contributed by atoms with Gasteiger partial charge in [0.1, 0.15) is 0 Å². The molecule has 0 radical (unpaired) electrons. The van der Waals surface area contributed by atoms with E-state index < -0.39 is 0 Å². The normalized spacial score (nSPS) is 11.4. The summed E-state index contributed by atoms with van der Waals surface area (Å²) < 4.78 is 10.5. The van der Waals surface area contributed by atoms with Crippen LogP contribution in [0.2, 0.25) is 0 Å². The highest BCUT2D eigenvalue weighted by Gasteiger charge is 2.18. The molecule has 0 saturated carbocycles. The fraction of sp³-hybridized carbons (Fsp3) is 0.533. The molecule has 0 aliphatic heterocycles. The van der Waals surface area contributed by atoms with Gasteiger partial charge in [0.15, 0.2) is 0 Å². The van der Waals surface area contributed by atoms with Gasteiger partial charge in [-0.05, 0) is 44.9 Å². The van der Waals surface area contributed by atoms with Crippen LogP contribution in [0.3, 0.4) is 0 Å². The predicted octanol–water partition coefficient (Wildman–Crippen LogP) is 2.86. The summed E-state index contributed by atoms with van der Waals surface area (Å²) in [7, 11) is 1.64. The van der Waals surface area contributed by atoms with E-state index in [0.29, 0.717) is 24.3 Å². The molecule has 0 fully saturated rings. The van der Waals surface area contributed by atoms with Crippen LogP contribution in [-0.2, 0) is 9.47 Å². The second-order valence-electron chi connectivity index (χ2n) is 5.39. The molecule has 0 aliphatic carbocycles. The number of nitrogen functional groups attached to an aromatic ring is 1. The van der Waals surface area contributed by atoms with Crippen molar-refractivity contribution in [3.63, 3.8) is 0 Å². The van der Waals surface area contributed by atoms with Crippen molar-refractivity contribution in [2.75, 3.05) is 19.5 Å². The lowest BCUT2D eigenvalue weighted by Gasteiger charge is -2.22. The number of rotatable bonds is 5. The molecule has 0 aromatic heterocycles. The Balaban J connectivity index is 2.69. The first kappa shape index (κ1) is 15.5. The van der Waals surface area contributed by atoms with E-state index >= 15 is 0 Å². The summed E-state index contributed by atoms with van der Waals surface area (Å²) in [4.78, 5) is 12.0. The van der Waals surface area contributed by atoms with Crippen molar-refractivity contribution in [3.8, 4) is 0 Å². The maximum Gasteiger partial charge on any atom is 0.340 e. The molecule has 1 rings (SSSR count). The van der Waals surface area contributed by atoms with Crippen molar-refractivity contribution in [2.45, 2.75) is 39.7 Å². The summed E-state index contributed by atoms with van der Waals surface area (Å²) >= 11 is 0. The van der Waals surface area contributed by atoms with E-state index in [4.69, 9.17) is 15.2 Å². The van der Waals surface area contributed by atoms with Crippen LogP contribution in [0.25, 0.3) is 0 Å². The zero-order chi connectivity index (χ0) is 14.6. The summed E-state index contributed by atoms with van der Waals surface area (Å²) in [5.41, 5.74) is 8.43. The number of carbonyl (C=O) groups excluding carboxylic acids is 1. The van der Waals surface area contributed by atoms with Crippen molar-refractivity contribution in [2.24, 2.45) is 0 Å². The fourth-order valence-electron chi connectivity index (χ4n) is 1.72. The van der Waals surface area contributed by atoms with E-state index in [9.17, 15) is 4.79 Å². The molecule has 106 valence electrons. The van der Waals surface area contributed by atoms with Gasteiger partial charge >= 0.3 is 5.97 Å². The van der Waals surface area contributed by atoms with E-state index in [1.807, 2.05) is 33.8 Å². The van der Waals surface area contributed by atoms with Crippen molar-refractivity contribution in [1.29, 1.82) is 0 Å². The molecule has 4 heteroatoms. The minimum absolute atomic E-state index is 0.297. The Morgan fingerprint density at radius 3 is 2.53 bits per heavy atom. The van der Waals surface area contributed by atoms with Gasteiger partial charge in [-0.2, -0.15) is 0 Å². The highest BCUT2D eigenvalue weighted by atomic mass is 16.5. The first-order valence-electron chi connectivity index (χ1n) is 6.36. The van der Waals surface area contributed by atoms with Crippen LogP contribution >= 0.6 is 0 Å². The van der Waals surface area contributed by atoms with Gasteiger partial charge in [-0.25, -0.2) is 4.79 Å². The Morgan fingerprint density at radius 2 is 1.95 bits per heavy atom. The number of benzene rings is 1. The maximum absolute atomic E-state index is 12.0. The number of ether oxygens (including phenoxy) is 2. The van der Waals surface area contributed by atoms with Crippen LogP contribution < -0.4 is 5.73 Å². The van der Waals surface area contributed by atoms with Crippen LogP contribution in [0.4, 0.5) is 5.69 Å². The SMILES string of the molecule is COC(C)(C)CCOC(=O)c1cc(C)cc(C)c1N. The molecule has 0 saturated heterocycles. The van der Waals surface area contributed by atoms with Gasteiger partial charge in [0.05, 0.1) is 17.8 Å². The summed E-state index contributed by atoms with van der Waals surface area (Å²) in [6.07, 6.45) is 0.639. The third-order valence-corrected chi connectivity index (χ3v) is 3.24. The number of methoxy groups -OCH3 is 1. The number of hydrogen-bond acceptors (Lipinski definition) is 4. The van der Waals surface area contributed by atoms with Gasteiger partial charge in [0, 0.05) is 19.2 Å². The first-order valence-corrected chi connectivity index (χ1v) is 6.36. The smallest absolute Gasteiger partial charge is 0.340 e. The Kier molecular flexibility index (Phi) is 4.95. The van der Waals surface area contributed by atoms with Crippen LogP contribution in [-0.4, -0.2) is 25.3 Å². The van der Waals surface area contributed by atoms with Crippen molar-refractivity contribution >= 4 is 11.7 Å². The van der Waals surface area contributed by atoms with Crippen LogP contribution in [0.1, 0.15) is 41.8 Å². The molecule has 0 bridgehead atoms. The zero-order valence-electron chi connectivity index (χ0n) is 12.4. The van der Waals surface area contributed by atoms with Gasteiger partial charge in [-0.1, -0.05) is 6.07 Å². The van der Waals surface area contributed by atoms with Crippen molar-refractivity contribution in [1.82, 2.24) is 0 Å².